The molecule has 7 heteroatoms. The van der Waals surface area contributed by atoms with E-state index < -0.39 is 5.91 Å². The summed E-state index contributed by atoms with van der Waals surface area (Å²) in [6, 6.07) is 7.18. The minimum Gasteiger partial charge on any atom is -0.342 e. The maximum absolute atomic E-state index is 12.5. The molecule has 1 aliphatic heterocycles. The van der Waals surface area contributed by atoms with Gasteiger partial charge in [0.1, 0.15) is 6.54 Å². The molecule has 144 valence electrons. The second-order valence-corrected chi connectivity index (χ2v) is 7.38. The molecule has 2 unspecified atom stereocenters. The van der Waals surface area contributed by atoms with Crippen LogP contribution in [-0.2, 0) is 25.7 Å². The fraction of sp³-hybridized carbons (Fsp3) is 0.500. The Bertz CT molecular complexity index is 752. The maximum Gasteiger partial charge on any atom is 0.244 e. The summed E-state index contributed by atoms with van der Waals surface area (Å²) in [5.74, 6) is -1.35. The maximum atomic E-state index is 12.5. The molecule has 1 aliphatic carbocycles. The number of rotatable bonds is 5. The van der Waals surface area contributed by atoms with Crippen molar-refractivity contribution in [3.05, 3.63) is 29.8 Å². The van der Waals surface area contributed by atoms with Gasteiger partial charge in [-0.25, -0.2) is 0 Å². The Balaban J connectivity index is 1.62. The zero-order valence-corrected chi connectivity index (χ0v) is 15.7. The summed E-state index contributed by atoms with van der Waals surface area (Å²) >= 11 is 0. The lowest BCUT2D eigenvalue weighted by molar-refractivity contribution is -0.142. The van der Waals surface area contributed by atoms with E-state index in [9.17, 15) is 19.2 Å². The Hall–Kier alpha value is -2.70. The number of fused-ring (bicyclic) bond motifs is 1. The molecule has 1 aromatic rings. The van der Waals surface area contributed by atoms with Gasteiger partial charge in [0.25, 0.3) is 0 Å². The average Bonchev–Trinajstić information content (AvgIpc) is 2.87. The summed E-state index contributed by atoms with van der Waals surface area (Å²) in [6.07, 6.45) is 3.39. The lowest BCUT2D eigenvalue weighted by Gasteiger charge is -2.19. The SMILES string of the molecule is CC(=O)N(C)Cc1cccc(NC(=O)CN2C(=O)C3CCCCC3C2=O)c1. The summed E-state index contributed by atoms with van der Waals surface area (Å²) in [4.78, 5) is 51.4. The van der Waals surface area contributed by atoms with E-state index in [2.05, 4.69) is 5.32 Å². The van der Waals surface area contributed by atoms with E-state index in [0.717, 1.165) is 36.1 Å². The lowest BCUT2D eigenvalue weighted by Crippen LogP contribution is -2.38. The molecule has 0 aromatic heterocycles. The highest BCUT2D eigenvalue weighted by atomic mass is 16.2. The number of benzene rings is 1. The molecule has 0 bridgehead atoms. The number of carbonyl (C=O) groups excluding carboxylic acids is 4. The van der Waals surface area contributed by atoms with Gasteiger partial charge in [-0.2, -0.15) is 0 Å². The Labute approximate surface area is 158 Å². The van der Waals surface area contributed by atoms with Crippen molar-refractivity contribution >= 4 is 29.3 Å². The number of nitrogens with one attached hydrogen (secondary N) is 1. The number of amides is 4. The molecule has 7 nitrogen and oxygen atoms in total. The van der Waals surface area contributed by atoms with Crippen molar-refractivity contribution in [3.63, 3.8) is 0 Å². The van der Waals surface area contributed by atoms with Gasteiger partial charge in [0.15, 0.2) is 0 Å². The highest BCUT2D eigenvalue weighted by molar-refractivity contribution is 6.08. The highest BCUT2D eigenvalue weighted by Crippen LogP contribution is 2.37. The van der Waals surface area contributed by atoms with Crippen molar-refractivity contribution < 1.29 is 19.2 Å². The summed E-state index contributed by atoms with van der Waals surface area (Å²) in [5.41, 5.74) is 1.45. The first-order valence-corrected chi connectivity index (χ1v) is 9.32. The molecule has 4 amide bonds. The van der Waals surface area contributed by atoms with E-state index in [0.29, 0.717) is 12.2 Å². The van der Waals surface area contributed by atoms with Crippen LogP contribution in [0, 0.1) is 11.8 Å². The van der Waals surface area contributed by atoms with Crippen LogP contribution in [0.15, 0.2) is 24.3 Å². The fourth-order valence-electron chi connectivity index (χ4n) is 3.86. The van der Waals surface area contributed by atoms with Crippen molar-refractivity contribution in [2.24, 2.45) is 11.8 Å². The zero-order chi connectivity index (χ0) is 19.6. The van der Waals surface area contributed by atoms with Crippen LogP contribution in [0.1, 0.15) is 38.2 Å². The van der Waals surface area contributed by atoms with Gasteiger partial charge in [0.2, 0.25) is 23.6 Å². The Kier molecular flexibility index (Phi) is 5.58. The molecule has 1 heterocycles. The minimum absolute atomic E-state index is 0.0445. The number of hydrogen-bond donors (Lipinski definition) is 1. The molecule has 27 heavy (non-hydrogen) atoms. The molecule has 1 saturated heterocycles. The third-order valence-electron chi connectivity index (χ3n) is 5.40. The highest BCUT2D eigenvalue weighted by Gasteiger charge is 2.48. The van der Waals surface area contributed by atoms with Crippen molar-refractivity contribution in [3.8, 4) is 0 Å². The van der Waals surface area contributed by atoms with E-state index in [4.69, 9.17) is 0 Å². The van der Waals surface area contributed by atoms with Crippen LogP contribution in [0.4, 0.5) is 5.69 Å². The molecule has 0 spiro atoms. The van der Waals surface area contributed by atoms with Gasteiger partial charge in [-0.15, -0.1) is 0 Å². The number of nitrogens with zero attached hydrogens (tertiary/aromatic N) is 2. The van der Waals surface area contributed by atoms with Gasteiger partial charge in [-0.3, -0.25) is 24.1 Å². The van der Waals surface area contributed by atoms with E-state index in [1.54, 1.807) is 30.1 Å². The smallest absolute Gasteiger partial charge is 0.244 e. The number of likely N-dealkylation sites (tertiary alicyclic amines) is 1. The number of anilines is 1. The van der Waals surface area contributed by atoms with Crippen LogP contribution in [0.5, 0.6) is 0 Å². The summed E-state index contributed by atoms with van der Waals surface area (Å²) in [5, 5.41) is 2.75. The third kappa shape index (κ3) is 4.18. The topological polar surface area (TPSA) is 86.8 Å². The molecular formula is C20H25N3O4. The lowest BCUT2D eigenvalue weighted by atomic mass is 9.81. The standard InChI is InChI=1S/C20H25N3O4/c1-13(24)22(2)11-14-6-5-7-15(10-14)21-18(25)12-23-19(26)16-8-3-4-9-17(16)20(23)27/h5-7,10,16-17H,3-4,8-9,11-12H2,1-2H3,(H,21,25). The van der Waals surface area contributed by atoms with Crippen molar-refractivity contribution in [1.82, 2.24) is 9.80 Å². The summed E-state index contributed by atoms with van der Waals surface area (Å²) < 4.78 is 0. The van der Waals surface area contributed by atoms with Gasteiger partial charge in [0.05, 0.1) is 11.8 Å². The van der Waals surface area contributed by atoms with Crippen LogP contribution < -0.4 is 5.32 Å². The first-order valence-electron chi connectivity index (χ1n) is 9.32. The number of carbonyl (C=O) groups is 4. The third-order valence-corrected chi connectivity index (χ3v) is 5.40. The van der Waals surface area contributed by atoms with E-state index in [-0.39, 0.29) is 36.1 Å². The Morgan fingerprint density at radius 2 is 1.78 bits per heavy atom. The van der Waals surface area contributed by atoms with Crippen LogP contribution in [0.2, 0.25) is 0 Å². The van der Waals surface area contributed by atoms with Crippen molar-refractivity contribution in [2.75, 3.05) is 18.9 Å². The van der Waals surface area contributed by atoms with E-state index >= 15 is 0 Å². The predicted octanol–water partition coefficient (Wildman–Crippen LogP) is 1.78. The Morgan fingerprint density at radius 3 is 2.37 bits per heavy atom. The molecule has 2 aliphatic rings. The number of hydrogen-bond acceptors (Lipinski definition) is 4. The largest absolute Gasteiger partial charge is 0.342 e. The van der Waals surface area contributed by atoms with Crippen LogP contribution in [0.25, 0.3) is 0 Å². The normalized spacial score (nSPS) is 21.8. The zero-order valence-electron chi connectivity index (χ0n) is 15.7. The molecule has 1 aromatic carbocycles. The predicted molar refractivity (Wildman–Crippen MR) is 99.4 cm³/mol. The Morgan fingerprint density at radius 1 is 1.15 bits per heavy atom. The van der Waals surface area contributed by atoms with Crippen molar-refractivity contribution in [2.45, 2.75) is 39.2 Å². The molecule has 0 radical (unpaired) electrons. The average molecular weight is 371 g/mol. The molecule has 2 atom stereocenters. The first kappa shape index (κ1) is 19.1. The van der Waals surface area contributed by atoms with Gasteiger partial charge < -0.3 is 10.2 Å². The van der Waals surface area contributed by atoms with Gasteiger partial charge >= 0.3 is 0 Å². The molecule has 2 fully saturated rings. The summed E-state index contributed by atoms with van der Waals surface area (Å²) in [6.45, 7) is 1.68. The van der Waals surface area contributed by atoms with Crippen LogP contribution >= 0.6 is 0 Å². The second-order valence-electron chi connectivity index (χ2n) is 7.38. The molecule has 1 N–H and O–H groups in total. The van der Waals surface area contributed by atoms with E-state index in [1.165, 1.54) is 6.92 Å². The van der Waals surface area contributed by atoms with E-state index in [1.807, 2.05) is 6.07 Å². The summed E-state index contributed by atoms with van der Waals surface area (Å²) in [7, 11) is 1.71. The van der Waals surface area contributed by atoms with Gasteiger partial charge in [0, 0.05) is 26.2 Å². The van der Waals surface area contributed by atoms with Crippen LogP contribution in [-0.4, -0.2) is 47.0 Å². The monoisotopic (exact) mass is 371 g/mol. The number of imide groups is 1. The fourth-order valence-corrected chi connectivity index (χ4v) is 3.86. The van der Waals surface area contributed by atoms with Gasteiger partial charge in [-0.05, 0) is 30.5 Å². The van der Waals surface area contributed by atoms with Crippen molar-refractivity contribution in [1.29, 1.82) is 0 Å². The van der Waals surface area contributed by atoms with Crippen LogP contribution in [0.3, 0.4) is 0 Å². The molecule has 1 saturated carbocycles. The second kappa shape index (κ2) is 7.90. The van der Waals surface area contributed by atoms with Gasteiger partial charge in [-0.1, -0.05) is 25.0 Å². The first-order chi connectivity index (χ1) is 12.9. The quantitative estimate of drug-likeness (QED) is 0.800. The molecular weight excluding hydrogens is 346 g/mol. The minimum atomic E-state index is -0.396. The molecule has 3 rings (SSSR count).